The van der Waals surface area contributed by atoms with E-state index in [-0.39, 0.29) is 5.63 Å². The van der Waals surface area contributed by atoms with Crippen LogP contribution in [0.25, 0.3) is 11.0 Å². The lowest BCUT2D eigenvalue weighted by atomic mass is 10.1. The van der Waals surface area contributed by atoms with Gasteiger partial charge in [0.1, 0.15) is 5.58 Å². The second kappa shape index (κ2) is 6.90. The number of hydrogen-bond donors (Lipinski definition) is 0. The molecule has 1 saturated heterocycles. The molecule has 0 amide bonds. The molecule has 0 aliphatic carbocycles. The van der Waals surface area contributed by atoms with Crippen molar-refractivity contribution in [3.05, 3.63) is 75.6 Å². The number of fused-ring (bicyclic) bond motifs is 1. The Morgan fingerprint density at radius 3 is 2.56 bits per heavy atom. The molecule has 128 valence electrons. The average molecular weight is 355 g/mol. The first-order valence-electron chi connectivity index (χ1n) is 8.44. The molecule has 1 aromatic heterocycles. The van der Waals surface area contributed by atoms with E-state index in [0.717, 1.165) is 48.8 Å². The van der Waals surface area contributed by atoms with Gasteiger partial charge in [0.05, 0.1) is 10.7 Å². The van der Waals surface area contributed by atoms with Crippen molar-refractivity contribution in [1.29, 1.82) is 0 Å². The maximum absolute atomic E-state index is 11.3. The molecule has 0 radical (unpaired) electrons. The summed E-state index contributed by atoms with van der Waals surface area (Å²) in [6.07, 6.45) is 0. The van der Waals surface area contributed by atoms with E-state index in [1.807, 2.05) is 36.4 Å². The molecule has 0 unspecified atom stereocenters. The van der Waals surface area contributed by atoms with Crippen LogP contribution < -0.4 is 10.5 Å². The summed E-state index contributed by atoms with van der Waals surface area (Å²) in [6, 6.07) is 17.3. The third kappa shape index (κ3) is 3.55. The molecule has 2 heterocycles. The number of para-hydroxylation sites is 1. The zero-order chi connectivity index (χ0) is 17.2. The van der Waals surface area contributed by atoms with Crippen LogP contribution in [0, 0.1) is 0 Å². The molecule has 0 atom stereocenters. The van der Waals surface area contributed by atoms with Gasteiger partial charge >= 0.3 is 5.63 Å². The normalized spacial score (nSPS) is 15.6. The number of piperazine rings is 1. The predicted octanol–water partition coefficient (Wildman–Crippen LogP) is 3.77. The van der Waals surface area contributed by atoms with Gasteiger partial charge in [0.2, 0.25) is 0 Å². The molecule has 4 nitrogen and oxygen atoms in total. The van der Waals surface area contributed by atoms with Crippen molar-refractivity contribution >= 4 is 28.3 Å². The quantitative estimate of drug-likeness (QED) is 0.671. The topological polar surface area (TPSA) is 36.7 Å². The number of nitrogens with zero attached hydrogens (tertiary/aromatic N) is 2. The van der Waals surface area contributed by atoms with Crippen LogP contribution in [0.4, 0.5) is 5.69 Å². The summed E-state index contributed by atoms with van der Waals surface area (Å²) in [5, 5.41) is 1.78. The highest BCUT2D eigenvalue weighted by Gasteiger charge is 2.18. The number of halogens is 1. The second-order valence-corrected chi connectivity index (χ2v) is 6.75. The smallest absolute Gasteiger partial charge is 0.336 e. The Labute approximate surface area is 151 Å². The number of anilines is 1. The fourth-order valence-electron chi connectivity index (χ4n) is 3.33. The van der Waals surface area contributed by atoms with E-state index in [1.54, 1.807) is 0 Å². The largest absolute Gasteiger partial charge is 0.423 e. The average Bonchev–Trinajstić information content (AvgIpc) is 2.63. The van der Waals surface area contributed by atoms with Crippen molar-refractivity contribution in [3.63, 3.8) is 0 Å². The Bertz CT molecular complexity index is 946. The van der Waals surface area contributed by atoms with Crippen molar-refractivity contribution < 1.29 is 4.42 Å². The van der Waals surface area contributed by atoms with Crippen molar-refractivity contribution in [2.24, 2.45) is 0 Å². The van der Waals surface area contributed by atoms with Crippen molar-refractivity contribution in [2.75, 3.05) is 31.1 Å². The third-order valence-electron chi connectivity index (χ3n) is 4.66. The van der Waals surface area contributed by atoms with Gasteiger partial charge in [-0.1, -0.05) is 29.8 Å². The van der Waals surface area contributed by atoms with Gasteiger partial charge < -0.3 is 9.32 Å². The fourth-order valence-corrected chi connectivity index (χ4v) is 3.59. The zero-order valence-electron chi connectivity index (χ0n) is 13.8. The highest BCUT2D eigenvalue weighted by atomic mass is 35.5. The highest BCUT2D eigenvalue weighted by Crippen LogP contribution is 2.26. The Morgan fingerprint density at radius 2 is 1.76 bits per heavy atom. The molecule has 3 aromatic rings. The third-order valence-corrected chi connectivity index (χ3v) is 4.97. The maximum Gasteiger partial charge on any atom is 0.336 e. The minimum Gasteiger partial charge on any atom is -0.423 e. The van der Waals surface area contributed by atoms with E-state index in [2.05, 4.69) is 21.9 Å². The van der Waals surface area contributed by atoms with Crippen LogP contribution in [0.3, 0.4) is 0 Å². The number of rotatable bonds is 3. The first-order chi connectivity index (χ1) is 12.2. The van der Waals surface area contributed by atoms with E-state index < -0.39 is 0 Å². The molecule has 25 heavy (non-hydrogen) atoms. The lowest BCUT2D eigenvalue weighted by Crippen LogP contribution is -2.46. The molecule has 4 rings (SSSR count). The molecule has 2 aromatic carbocycles. The number of benzene rings is 2. The first kappa shape index (κ1) is 16.2. The van der Waals surface area contributed by atoms with Crippen molar-refractivity contribution in [2.45, 2.75) is 6.54 Å². The van der Waals surface area contributed by atoms with Crippen LogP contribution >= 0.6 is 11.6 Å². The molecule has 0 spiro atoms. The fraction of sp³-hybridized carbons (Fsp3) is 0.250. The van der Waals surface area contributed by atoms with Gasteiger partial charge in [-0.3, -0.25) is 4.90 Å². The predicted molar refractivity (Wildman–Crippen MR) is 101 cm³/mol. The van der Waals surface area contributed by atoms with E-state index in [0.29, 0.717) is 5.58 Å². The van der Waals surface area contributed by atoms with Gasteiger partial charge in [0, 0.05) is 44.2 Å². The van der Waals surface area contributed by atoms with E-state index in [9.17, 15) is 4.79 Å². The van der Waals surface area contributed by atoms with Crippen molar-refractivity contribution in [1.82, 2.24) is 4.90 Å². The van der Waals surface area contributed by atoms with E-state index in [1.165, 1.54) is 11.6 Å². The van der Waals surface area contributed by atoms with Gasteiger partial charge in [0.25, 0.3) is 0 Å². The maximum atomic E-state index is 11.3. The molecule has 0 saturated carbocycles. The summed E-state index contributed by atoms with van der Waals surface area (Å²) in [7, 11) is 0. The summed E-state index contributed by atoms with van der Waals surface area (Å²) < 4.78 is 5.19. The molecule has 1 aliphatic heterocycles. The monoisotopic (exact) mass is 354 g/mol. The molecular weight excluding hydrogens is 336 g/mol. The summed E-state index contributed by atoms with van der Waals surface area (Å²) >= 11 is 6.30. The summed E-state index contributed by atoms with van der Waals surface area (Å²) in [5.74, 6) is 0. The first-order valence-corrected chi connectivity index (χ1v) is 8.81. The van der Waals surface area contributed by atoms with Gasteiger partial charge in [-0.25, -0.2) is 4.79 Å². The van der Waals surface area contributed by atoms with Gasteiger partial charge in [-0.15, -0.1) is 0 Å². The Balaban J connectivity index is 1.42. The Kier molecular flexibility index (Phi) is 4.47. The van der Waals surface area contributed by atoms with Gasteiger partial charge in [-0.2, -0.15) is 0 Å². The van der Waals surface area contributed by atoms with Crippen LogP contribution in [-0.2, 0) is 6.54 Å². The second-order valence-electron chi connectivity index (χ2n) is 6.34. The van der Waals surface area contributed by atoms with Crippen LogP contribution in [0.5, 0.6) is 0 Å². The molecule has 1 fully saturated rings. The van der Waals surface area contributed by atoms with E-state index >= 15 is 0 Å². The lowest BCUT2D eigenvalue weighted by molar-refractivity contribution is 0.250. The lowest BCUT2D eigenvalue weighted by Gasteiger charge is -2.36. The van der Waals surface area contributed by atoms with Crippen LogP contribution in [-0.4, -0.2) is 31.1 Å². The van der Waals surface area contributed by atoms with E-state index in [4.69, 9.17) is 16.0 Å². The van der Waals surface area contributed by atoms with Crippen LogP contribution in [0.1, 0.15) is 5.56 Å². The Morgan fingerprint density at radius 1 is 0.960 bits per heavy atom. The molecular formula is C20H19ClN2O2. The molecule has 5 heteroatoms. The summed E-state index contributed by atoms with van der Waals surface area (Å²) in [5.41, 5.74) is 2.67. The molecule has 1 aliphatic rings. The van der Waals surface area contributed by atoms with Gasteiger partial charge in [0.15, 0.2) is 0 Å². The summed E-state index contributed by atoms with van der Waals surface area (Å²) in [4.78, 5) is 16.0. The minimum absolute atomic E-state index is 0.309. The molecule has 0 N–H and O–H groups in total. The zero-order valence-corrected chi connectivity index (χ0v) is 14.6. The molecule has 0 bridgehead atoms. The Hall–Kier alpha value is -2.30. The van der Waals surface area contributed by atoms with Gasteiger partial charge in [-0.05, 0) is 35.9 Å². The SMILES string of the molecule is O=c1ccc2cc(CN3CCN(c4ccccc4Cl)CC3)ccc2o1. The highest BCUT2D eigenvalue weighted by molar-refractivity contribution is 6.33. The summed E-state index contributed by atoms with van der Waals surface area (Å²) in [6.45, 7) is 4.81. The van der Waals surface area contributed by atoms with Crippen LogP contribution in [0.15, 0.2) is 63.8 Å². The number of hydrogen-bond acceptors (Lipinski definition) is 4. The van der Waals surface area contributed by atoms with Crippen molar-refractivity contribution in [3.8, 4) is 0 Å². The minimum atomic E-state index is -0.309. The van der Waals surface area contributed by atoms with Crippen LogP contribution in [0.2, 0.25) is 5.02 Å². The standard InChI is InChI=1S/C20H19ClN2O2/c21-17-3-1-2-4-18(17)23-11-9-22(10-12-23)14-15-5-7-19-16(13-15)6-8-20(24)25-19/h1-8,13H,9-12,14H2.